The molecule has 24 heavy (non-hydrogen) atoms. The number of alkyl halides is 3. The van der Waals surface area contributed by atoms with E-state index in [0.717, 1.165) is 12.1 Å². The zero-order valence-electron chi connectivity index (χ0n) is 12.7. The minimum absolute atomic E-state index is 0.0242. The van der Waals surface area contributed by atoms with Crippen molar-refractivity contribution in [1.82, 2.24) is 0 Å². The van der Waals surface area contributed by atoms with Gasteiger partial charge in [0.15, 0.2) is 5.76 Å². The number of carbonyl (C=O) groups excluding carboxylic acids is 2. The molecule has 0 fully saturated rings. The van der Waals surface area contributed by atoms with Gasteiger partial charge in [-0.2, -0.15) is 13.2 Å². The van der Waals surface area contributed by atoms with Crippen molar-refractivity contribution in [3.63, 3.8) is 0 Å². The molecule has 0 aliphatic heterocycles. The van der Waals surface area contributed by atoms with Crippen LogP contribution in [0.15, 0.2) is 41.0 Å². The van der Waals surface area contributed by atoms with Crippen LogP contribution in [0.25, 0.3) is 0 Å². The van der Waals surface area contributed by atoms with E-state index < -0.39 is 23.6 Å². The zero-order chi connectivity index (χ0) is 17.7. The number of anilines is 2. The van der Waals surface area contributed by atoms with E-state index in [1.807, 2.05) is 0 Å². The predicted octanol–water partition coefficient (Wildman–Crippen LogP) is 4.29. The Bertz CT molecular complexity index is 725. The van der Waals surface area contributed by atoms with E-state index in [-0.39, 0.29) is 23.6 Å². The molecule has 0 saturated heterocycles. The SMILES string of the molecule is CCCC(=O)Nc1ccc(NC(=O)c2ccco2)cc1C(F)(F)F. The molecule has 1 aromatic heterocycles. The minimum atomic E-state index is -4.68. The zero-order valence-corrected chi connectivity index (χ0v) is 12.7. The molecule has 2 rings (SSSR count). The van der Waals surface area contributed by atoms with Gasteiger partial charge in [0.25, 0.3) is 5.91 Å². The minimum Gasteiger partial charge on any atom is -0.459 e. The highest BCUT2D eigenvalue weighted by molar-refractivity contribution is 6.02. The molecular formula is C16H15F3N2O3. The summed E-state index contributed by atoms with van der Waals surface area (Å²) in [6, 6.07) is 6.02. The average molecular weight is 340 g/mol. The van der Waals surface area contributed by atoms with Crippen LogP contribution in [0.2, 0.25) is 0 Å². The quantitative estimate of drug-likeness (QED) is 0.853. The Morgan fingerprint density at radius 3 is 2.50 bits per heavy atom. The molecule has 1 heterocycles. The monoisotopic (exact) mass is 340 g/mol. The van der Waals surface area contributed by atoms with Gasteiger partial charge in [-0.3, -0.25) is 9.59 Å². The molecule has 0 saturated carbocycles. The maximum absolute atomic E-state index is 13.2. The predicted molar refractivity (Wildman–Crippen MR) is 81.6 cm³/mol. The van der Waals surface area contributed by atoms with E-state index in [1.165, 1.54) is 24.5 Å². The first-order chi connectivity index (χ1) is 11.3. The molecular weight excluding hydrogens is 325 g/mol. The van der Waals surface area contributed by atoms with E-state index in [0.29, 0.717) is 6.42 Å². The maximum Gasteiger partial charge on any atom is 0.418 e. The average Bonchev–Trinajstić information content (AvgIpc) is 3.02. The van der Waals surface area contributed by atoms with Crippen LogP contribution in [0, 0.1) is 0 Å². The van der Waals surface area contributed by atoms with Crippen molar-refractivity contribution >= 4 is 23.2 Å². The highest BCUT2D eigenvalue weighted by atomic mass is 19.4. The molecule has 0 aliphatic rings. The first-order valence-electron chi connectivity index (χ1n) is 7.17. The third-order valence-electron chi connectivity index (χ3n) is 3.08. The fraction of sp³-hybridized carbons (Fsp3) is 0.250. The summed E-state index contributed by atoms with van der Waals surface area (Å²) in [5, 5.41) is 4.55. The molecule has 0 atom stereocenters. The first-order valence-corrected chi connectivity index (χ1v) is 7.17. The molecule has 128 valence electrons. The number of halogens is 3. The number of nitrogens with one attached hydrogen (secondary N) is 2. The van der Waals surface area contributed by atoms with Crippen molar-refractivity contribution in [2.45, 2.75) is 25.9 Å². The van der Waals surface area contributed by atoms with Gasteiger partial charge < -0.3 is 15.1 Å². The van der Waals surface area contributed by atoms with Crippen LogP contribution >= 0.6 is 0 Å². The van der Waals surface area contributed by atoms with E-state index in [4.69, 9.17) is 4.42 Å². The van der Waals surface area contributed by atoms with Crippen molar-refractivity contribution < 1.29 is 27.2 Å². The largest absolute Gasteiger partial charge is 0.459 e. The summed E-state index contributed by atoms with van der Waals surface area (Å²) in [4.78, 5) is 23.4. The number of furan rings is 1. The van der Waals surface area contributed by atoms with Crippen molar-refractivity contribution in [1.29, 1.82) is 0 Å². The van der Waals surface area contributed by atoms with Gasteiger partial charge in [0, 0.05) is 12.1 Å². The summed E-state index contributed by atoms with van der Waals surface area (Å²) in [5.74, 6) is -1.20. The summed E-state index contributed by atoms with van der Waals surface area (Å²) < 4.78 is 44.5. The third-order valence-corrected chi connectivity index (χ3v) is 3.08. The smallest absolute Gasteiger partial charge is 0.418 e. The van der Waals surface area contributed by atoms with E-state index in [2.05, 4.69) is 10.6 Å². The molecule has 2 N–H and O–H groups in total. The number of hydrogen-bond acceptors (Lipinski definition) is 3. The molecule has 2 aromatic rings. The van der Waals surface area contributed by atoms with Gasteiger partial charge in [-0.05, 0) is 36.8 Å². The summed E-state index contributed by atoms with van der Waals surface area (Å²) >= 11 is 0. The lowest BCUT2D eigenvalue weighted by Gasteiger charge is -2.15. The lowest BCUT2D eigenvalue weighted by atomic mass is 10.1. The maximum atomic E-state index is 13.2. The lowest BCUT2D eigenvalue weighted by molar-refractivity contribution is -0.136. The highest BCUT2D eigenvalue weighted by Gasteiger charge is 2.34. The Morgan fingerprint density at radius 1 is 1.17 bits per heavy atom. The van der Waals surface area contributed by atoms with Gasteiger partial charge in [0.05, 0.1) is 17.5 Å². The fourth-order valence-electron chi connectivity index (χ4n) is 2.01. The standard InChI is InChI=1S/C16H15F3N2O3/c1-2-4-14(22)21-12-7-6-10(9-11(12)16(17,18)19)20-15(23)13-5-3-8-24-13/h3,5-9H,2,4H2,1H3,(H,20,23)(H,21,22). The summed E-state index contributed by atoms with van der Waals surface area (Å²) in [6.07, 6.45) is -2.76. The molecule has 1 aromatic carbocycles. The fourth-order valence-corrected chi connectivity index (χ4v) is 2.01. The molecule has 0 radical (unpaired) electrons. The van der Waals surface area contributed by atoms with Crippen molar-refractivity contribution in [3.05, 3.63) is 47.9 Å². The number of amides is 2. The van der Waals surface area contributed by atoms with Crippen LogP contribution in [0.1, 0.15) is 35.9 Å². The number of hydrogen-bond donors (Lipinski definition) is 2. The molecule has 0 spiro atoms. The lowest BCUT2D eigenvalue weighted by Crippen LogP contribution is -2.17. The number of carbonyl (C=O) groups is 2. The second-order valence-electron chi connectivity index (χ2n) is 4.99. The van der Waals surface area contributed by atoms with E-state index >= 15 is 0 Å². The molecule has 0 bridgehead atoms. The van der Waals surface area contributed by atoms with Crippen molar-refractivity contribution in [2.24, 2.45) is 0 Å². The Hall–Kier alpha value is -2.77. The topological polar surface area (TPSA) is 71.3 Å². The van der Waals surface area contributed by atoms with Crippen molar-refractivity contribution in [3.8, 4) is 0 Å². The van der Waals surface area contributed by atoms with Crippen LogP contribution in [0.4, 0.5) is 24.5 Å². The van der Waals surface area contributed by atoms with Crippen LogP contribution < -0.4 is 10.6 Å². The van der Waals surface area contributed by atoms with Crippen LogP contribution in [-0.2, 0) is 11.0 Å². The number of rotatable bonds is 5. The van der Waals surface area contributed by atoms with Crippen molar-refractivity contribution in [2.75, 3.05) is 10.6 Å². The molecule has 0 unspecified atom stereocenters. The van der Waals surface area contributed by atoms with Gasteiger partial charge in [-0.25, -0.2) is 0 Å². The molecule has 5 nitrogen and oxygen atoms in total. The summed E-state index contributed by atoms with van der Waals surface area (Å²) in [5.41, 5.74) is -1.45. The molecule has 2 amide bonds. The van der Waals surface area contributed by atoms with Gasteiger partial charge >= 0.3 is 6.18 Å². The number of benzene rings is 1. The third kappa shape index (κ3) is 4.37. The van der Waals surface area contributed by atoms with E-state index in [1.54, 1.807) is 6.92 Å². The normalized spacial score (nSPS) is 11.2. The second kappa shape index (κ2) is 7.20. The van der Waals surface area contributed by atoms with Crippen LogP contribution in [0.5, 0.6) is 0 Å². The van der Waals surface area contributed by atoms with Gasteiger partial charge in [0.1, 0.15) is 0 Å². The molecule has 8 heteroatoms. The second-order valence-corrected chi connectivity index (χ2v) is 4.99. The van der Waals surface area contributed by atoms with Gasteiger partial charge in [-0.15, -0.1) is 0 Å². The Labute approximate surface area is 135 Å². The summed E-state index contributed by atoms with van der Waals surface area (Å²) in [6.45, 7) is 1.75. The first kappa shape index (κ1) is 17.6. The van der Waals surface area contributed by atoms with Gasteiger partial charge in [-0.1, -0.05) is 6.92 Å². The van der Waals surface area contributed by atoms with Gasteiger partial charge in [0.2, 0.25) is 5.91 Å². The summed E-state index contributed by atoms with van der Waals surface area (Å²) in [7, 11) is 0. The van der Waals surface area contributed by atoms with Crippen LogP contribution in [0.3, 0.4) is 0 Å². The Kier molecular flexibility index (Phi) is 5.28. The Balaban J connectivity index is 2.26. The van der Waals surface area contributed by atoms with E-state index in [9.17, 15) is 22.8 Å². The van der Waals surface area contributed by atoms with Crippen LogP contribution in [-0.4, -0.2) is 11.8 Å². The Morgan fingerprint density at radius 2 is 1.92 bits per heavy atom. The molecule has 0 aliphatic carbocycles. The highest BCUT2D eigenvalue weighted by Crippen LogP contribution is 2.36.